The van der Waals surface area contributed by atoms with Crippen LogP contribution in [0.15, 0.2) is 30.5 Å². The first kappa shape index (κ1) is 17.0. The molecule has 1 amide bonds. The zero-order valence-corrected chi connectivity index (χ0v) is 13.5. The molecular weight excluding hydrogens is 294 g/mol. The van der Waals surface area contributed by atoms with Gasteiger partial charge in [0.2, 0.25) is 0 Å². The molecule has 0 bridgehead atoms. The Morgan fingerprint density at radius 3 is 2.74 bits per heavy atom. The van der Waals surface area contributed by atoms with Crippen molar-refractivity contribution in [2.75, 3.05) is 18.5 Å². The van der Waals surface area contributed by atoms with Gasteiger partial charge in [-0.15, -0.1) is 5.10 Å². The average molecular weight is 317 g/mol. The van der Waals surface area contributed by atoms with Gasteiger partial charge in [0.15, 0.2) is 5.69 Å². The minimum Gasteiger partial charge on any atom is -0.492 e. The van der Waals surface area contributed by atoms with Gasteiger partial charge in [-0.05, 0) is 36.6 Å². The third-order valence-electron chi connectivity index (χ3n) is 3.21. The van der Waals surface area contributed by atoms with Gasteiger partial charge in [-0.2, -0.15) is 0 Å². The first-order valence-corrected chi connectivity index (χ1v) is 7.73. The fourth-order valence-corrected chi connectivity index (χ4v) is 1.91. The van der Waals surface area contributed by atoms with Gasteiger partial charge in [0.1, 0.15) is 12.4 Å². The third-order valence-corrected chi connectivity index (χ3v) is 3.21. The summed E-state index contributed by atoms with van der Waals surface area (Å²) in [5.74, 6) is 1.01. The number of ether oxygens (including phenoxy) is 1. The lowest BCUT2D eigenvalue weighted by Gasteiger charge is -2.06. The Morgan fingerprint density at radius 2 is 2.09 bits per heavy atom. The Kier molecular flexibility index (Phi) is 6.10. The number of hydrogen-bond acceptors (Lipinski definition) is 5. The second-order valence-corrected chi connectivity index (χ2v) is 5.67. The number of aryl methyl sites for hydroxylation is 1. The normalized spacial score (nSPS) is 10.8. The number of nitrogens with zero attached hydrogens (tertiary/aromatic N) is 3. The molecule has 0 saturated heterocycles. The zero-order chi connectivity index (χ0) is 16.7. The van der Waals surface area contributed by atoms with Gasteiger partial charge in [0.25, 0.3) is 5.91 Å². The van der Waals surface area contributed by atoms with Crippen molar-refractivity contribution < 1.29 is 9.53 Å². The van der Waals surface area contributed by atoms with Crippen molar-refractivity contribution >= 4 is 11.6 Å². The summed E-state index contributed by atoms with van der Waals surface area (Å²) in [6, 6.07) is 7.11. The van der Waals surface area contributed by atoms with Crippen LogP contribution >= 0.6 is 0 Å². The van der Waals surface area contributed by atoms with Gasteiger partial charge in [-0.25, -0.2) is 0 Å². The minimum atomic E-state index is -0.281. The lowest BCUT2D eigenvalue weighted by molar-refractivity contribution is 0.102. The molecule has 1 heterocycles. The minimum absolute atomic E-state index is 0.281. The van der Waals surface area contributed by atoms with Crippen molar-refractivity contribution in [2.45, 2.75) is 26.8 Å². The zero-order valence-electron chi connectivity index (χ0n) is 13.5. The largest absolute Gasteiger partial charge is 0.492 e. The molecule has 2 rings (SSSR count). The van der Waals surface area contributed by atoms with Gasteiger partial charge in [0.05, 0.1) is 6.20 Å². The number of nitrogens with two attached hydrogens (primary N) is 1. The monoisotopic (exact) mass is 317 g/mol. The highest BCUT2D eigenvalue weighted by molar-refractivity contribution is 6.02. The molecule has 0 atom stereocenters. The molecule has 2 aromatic rings. The Morgan fingerprint density at radius 1 is 1.35 bits per heavy atom. The van der Waals surface area contributed by atoms with E-state index >= 15 is 0 Å². The molecule has 0 aliphatic rings. The molecule has 0 spiro atoms. The lowest BCUT2D eigenvalue weighted by Crippen LogP contribution is -2.13. The van der Waals surface area contributed by atoms with Crippen LogP contribution in [0.2, 0.25) is 0 Å². The van der Waals surface area contributed by atoms with E-state index in [1.807, 2.05) is 0 Å². The number of amides is 1. The molecule has 0 unspecified atom stereocenters. The van der Waals surface area contributed by atoms with E-state index in [0.29, 0.717) is 36.2 Å². The first-order valence-electron chi connectivity index (χ1n) is 7.73. The van der Waals surface area contributed by atoms with Crippen molar-refractivity contribution in [1.82, 2.24) is 15.0 Å². The summed E-state index contributed by atoms with van der Waals surface area (Å²) >= 11 is 0. The highest BCUT2D eigenvalue weighted by atomic mass is 16.5. The number of rotatable bonds is 8. The van der Waals surface area contributed by atoms with Crippen molar-refractivity contribution in [3.8, 4) is 5.75 Å². The molecule has 0 radical (unpaired) electrons. The van der Waals surface area contributed by atoms with Crippen LogP contribution in [-0.4, -0.2) is 34.1 Å². The van der Waals surface area contributed by atoms with Crippen LogP contribution in [0, 0.1) is 5.92 Å². The Labute approximate surface area is 135 Å². The smallest absolute Gasteiger partial charge is 0.277 e. The molecule has 0 fully saturated rings. The third kappa shape index (κ3) is 5.37. The maximum atomic E-state index is 12.1. The van der Waals surface area contributed by atoms with Gasteiger partial charge >= 0.3 is 0 Å². The van der Waals surface area contributed by atoms with Crippen molar-refractivity contribution in [3.05, 3.63) is 36.2 Å². The first-order chi connectivity index (χ1) is 11.1. The van der Waals surface area contributed by atoms with E-state index in [9.17, 15) is 4.79 Å². The summed E-state index contributed by atoms with van der Waals surface area (Å²) in [4.78, 5) is 12.1. The van der Waals surface area contributed by atoms with Gasteiger partial charge in [-0.3, -0.25) is 9.48 Å². The molecule has 0 aliphatic heterocycles. The quantitative estimate of drug-likeness (QED) is 0.775. The highest BCUT2D eigenvalue weighted by Gasteiger charge is 2.11. The molecule has 0 aliphatic carbocycles. The fourth-order valence-electron chi connectivity index (χ4n) is 1.91. The van der Waals surface area contributed by atoms with E-state index in [-0.39, 0.29) is 5.91 Å². The molecule has 7 nitrogen and oxygen atoms in total. The molecule has 3 N–H and O–H groups in total. The molecule has 1 aromatic heterocycles. The summed E-state index contributed by atoms with van der Waals surface area (Å²) in [5, 5.41) is 10.7. The molecule has 23 heavy (non-hydrogen) atoms. The van der Waals surface area contributed by atoms with Gasteiger partial charge < -0.3 is 15.8 Å². The molecule has 1 aromatic carbocycles. The highest BCUT2D eigenvalue weighted by Crippen LogP contribution is 2.16. The fraction of sp³-hybridized carbons (Fsp3) is 0.438. The van der Waals surface area contributed by atoms with Crippen molar-refractivity contribution in [3.63, 3.8) is 0 Å². The summed E-state index contributed by atoms with van der Waals surface area (Å²) in [7, 11) is 0. The van der Waals surface area contributed by atoms with Crippen LogP contribution in [0.25, 0.3) is 0 Å². The van der Waals surface area contributed by atoms with Crippen molar-refractivity contribution in [1.29, 1.82) is 0 Å². The lowest BCUT2D eigenvalue weighted by atomic mass is 10.1. The summed E-state index contributed by atoms with van der Waals surface area (Å²) < 4.78 is 7.08. The number of carbonyl (C=O) groups is 1. The molecular formula is C16H23N5O2. The predicted octanol–water partition coefficient (Wildman–Crippen LogP) is 1.91. The second kappa shape index (κ2) is 8.28. The van der Waals surface area contributed by atoms with Gasteiger partial charge in [0, 0.05) is 18.8 Å². The van der Waals surface area contributed by atoms with E-state index in [0.717, 1.165) is 13.0 Å². The Hall–Kier alpha value is -2.41. The number of carbonyl (C=O) groups excluding carboxylic acids is 1. The SMILES string of the molecule is CC(C)CCn1cc(C(=O)Nc2ccc(OCCN)cc2)nn1. The van der Waals surface area contributed by atoms with Crippen LogP contribution in [0.1, 0.15) is 30.8 Å². The summed E-state index contributed by atoms with van der Waals surface area (Å²) in [6.45, 7) is 5.97. The number of benzene rings is 1. The van der Waals surface area contributed by atoms with E-state index in [1.54, 1.807) is 35.1 Å². The summed E-state index contributed by atoms with van der Waals surface area (Å²) in [5.41, 5.74) is 6.36. The maximum Gasteiger partial charge on any atom is 0.277 e. The number of nitrogens with one attached hydrogen (secondary N) is 1. The van der Waals surface area contributed by atoms with Crippen LogP contribution in [0.5, 0.6) is 5.75 Å². The average Bonchev–Trinajstić information content (AvgIpc) is 3.01. The van der Waals surface area contributed by atoms with E-state index in [1.165, 1.54) is 0 Å². The van der Waals surface area contributed by atoms with Crippen molar-refractivity contribution in [2.24, 2.45) is 11.7 Å². The maximum absolute atomic E-state index is 12.1. The molecule has 0 saturated carbocycles. The number of aromatic nitrogens is 3. The van der Waals surface area contributed by atoms with Crippen LogP contribution < -0.4 is 15.8 Å². The topological polar surface area (TPSA) is 95.1 Å². The molecule has 124 valence electrons. The van der Waals surface area contributed by atoms with E-state index < -0.39 is 0 Å². The van der Waals surface area contributed by atoms with Crippen LogP contribution in [-0.2, 0) is 6.54 Å². The van der Waals surface area contributed by atoms with Crippen LogP contribution in [0.4, 0.5) is 5.69 Å². The number of anilines is 1. The van der Waals surface area contributed by atoms with E-state index in [2.05, 4.69) is 29.5 Å². The van der Waals surface area contributed by atoms with Gasteiger partial charge in [-0.1, -0.05) is 19.1 Å². The van der Waals surface area contributed by atoms with Crippen LogP contribution in [0.3, 0.4) is 0 Å². The Balaban J connectivity index is 1.91. The van der Waals surface area contributed by atoms with E-state index in [4.69, 9.17) is 10.5 Å². The standard InChI is InChI=1S/C16H23N5O2/c1-12(2)7-9-21-11-15(19-20-21)16(22)18-13-3-5-14(6-4-13)23-10-8-17/h3-6,11-12H,7-10,17H2,1-2H3,(H,18,22). The summed E-state index contributed by atoms with van der Waals surface area (Å²) in [6.07, 6.45) is 2.66. The molecule has 7 heteroatoms. The predicted molar refractivity (Wildman–Crippen MR) is 88.4 cm³/mol. The second-order valence-electron chi connectivity index (χ2n) is 5.67. The number of hydrogen-bond donors (Lipinski definition) is 2. The Bertz CT molecular complexity index is 622.